The summed E-state index contributed by atoms with van der Waals surface area (Å²) in [5.41, 5.74) is 0. The number of halogens is 1. The summed E-state index contributed by atoms with van der Waals surface area (Å²) < 4.78 is 8.02. The second-order valence-corrected chi connectivity index (χ2v) is 5.07. The average Bonchev–Trinajstić information content (AvgIpc) is 2.66. The van der Waals surface area contributed by atoms with Crippen molar-refractivity contribution in [2.24, 2.45) is 0 Å². The Morgan fingerprint density at radius 3 is 2.94 bits per heavy atom. The fourth-order valence-corrected chi connectivity index (χ4v) is 2.50. The van der Waals surface area contributed by atoms with E-state index in [4.69, 9.17) is 11.6 Å². The number of aromatic nitrogens is 2. The molecular formula is C9H16ClN5S. The maximum atomic E-state index is 5.87. The van der Waals surface area contributed by atoms with Crippen molar-refractivity contribution in [3.63, 3.8) is 0 Å². The first-order chi connectivity index (χ1) is 7.66. The van der Waals surface area contributed by atoms with Gasteiger partial charge in [-0.2, -0.15) is 8.75 Å². The molecule has 1 aliphatic heterocycles. The highest BCUT2D eigenvalue weighted by Gasteiger charge is 2.22. The molecule has 2 rings (SSSR count). The van der Waals surface area contributed by atoms with Crippen LogP contribution in [-0.4, -0.2) is 64.9 Å². The summed E-state index contributed by atoms with van der Waals surface area (Å²) in [4.78, 5) is 4.70. The molecule has 2 heterocycles. The van der Waals surface area contributed by atoms with Gasteiger partial charge in [-0.05, 0) is 14.1 Å². The van der Waals surface area contributed by atoms with Gasteiger partial charge in [0, 0.05) is 32.2 Å². The Bertz CT molecular complexity index is 344. The normalized spacial score (nSPS) is 23.6. The minimum absolute atomic E-state index is 0.469. The number of nitrogens with zero attached hydrogens (tertiary/aromatic N) is 4. The molecule has 1 fully saturated rings. The topological polar surface area (TPSA) is 44.3 Å². The predicted octanol–water partition coefficient (Wildman–Crippen LogP) is 0.849. The minimum atomic E-state index is 0.469. The molecule has 16 heavy (non-hydrogen) atoms. The van der Waals surface area contributed by atoms with Crippen molar-refractivity contribution < 1.29 is 0 Å². The van der Waals surface area contributed by atoms with Gasteiger partial charge in [-0.25, -0.2) is 0 Å². The minimum Gasteiger partial charge on any atom is -0.365 e. The molecule has 7 heteroatoms. The van der Waals surface area contributed by atoms with E-state index in [2.05, 4.69) is 38.0 Å². The van der Waals surface area contributed by atoms with Gasteiger partial charge in [-0.1, -0.05) is 11.6 Å². The molecule has 1 aromatic heterocycles. The summed E-state index contributed by atoms with van der Waals surface area (Å²) in [6.45, 7) is 4.16. The maximum absolute atomic E-state index is 5.87. The van der Waals surface area contributed by atoms with Crippen LogP contribution in [0.5, 0.6) is 0 Å². The van der Waals surface area contributed by atoms with Gasteiger partial charge in [-0.15, -0.1) is 0 Å². The van der Waals surface area contributed by atoms with Crippen LogP contribution < -0.4 is 5.32 Å². The third-order valence-electron chi connectivity index (χ3n) is 2.93. The first-order valence-corrected chi connectivity index (χ1v) is 6.38. The van der Waals surface area contributed by atoms with Crippen LogP contribution >= 0.6 is 23.3 Å². The third-order valence-corrected chi connectivity index (χ3v) is 3.83. The Balaban J connectivity index is 1.87. The standard InChI is InChI=1S/C9H16ClN5S/c1-14-3-4-15(2)7(6-14)5-11-9-8(10)12-16-13-9/h7H,3-6H2,1-2H3,(H,11,13). The lowest BCUT2D eigenvalue weighted by Crippen LogP contribution is -2.52. The van der Waals surface area contributed by atoms with E-state index in [0.29, 0.717) is 17.0 Å². The quantitative estimate of drug-likeness (QED) is 0.874. The predicted molar refractivity (Wildman–Crippen MR) is 67.3 cm³/mol. The van der Waals surface area contributed by atoms with E-state index < -0.39 is 0 Å². The third kappa shape index (κ3) is 2.82. The average molecular weight is 262 g/mol. The van der Waals surface area contributed by atoms with Crippen LogP contribution in [-0.2, 0) is 0 Å². The zero-order valence-electron chi connectivity index (χ0n) is 9.48. The van der Waals surface area contributed by atoms with Gasteiger partial charge >= 0.3 is 0 Å². The smallest absolute Gasteiger partial charge is 0.186 e. The van der Waals surface area contributed by atoms with Crippen molar-refractivity contribution in [3.8, 4) is 0 Å². The molecule has 1 N–H and O–H groups in total. The first kappa shape index (κ1) is 12.0. The molecule has 0 bridgehead atoms. The Morgan fingerprint density at radius 1 is 1.44 bits per heavy atom. The zero-order chi connectivity index (χ0) is 11.5. The number of hydrogen-bond donors (Lipinski definition) is 1. The zero-order valence-corrected chi connectivity index (χ0v) is 11.1. The highest BCUT2D eigenvalue weighted by atomic mass is 35.5. The molecule has 1 unspecified atom stereocenters. The number of rotatable bonds is 3. The Kier molecular flexibility index (Phi) is 3.96. The van der Waals surface area contributed by atoms with Crippen molar-refractivity contribution in [1.82, 2.24) is 18.5 Å². The van der Waals surface area contributed by atoms with E-state index in [-0.39, 0.29) is 0 Å². The number of piperazine rings is 1. The molecule has 1 saturated heterocycles. The lowest BCUT2D eigenvalue weighted by molar-refractivity contribution is 0.122. The van der Waals surface area contributed by atoms with Crippen molar-refractivity contribution in [1.29, 1.82) is 0 Å². The summed E-state index contributed by atoms with van der Waals surface area (Å²) in [6.07, 6.45) is 0. The maximum Gasteiger partial charge on any atom is 0.186 e. The number of hydrogen-bond acceptors (Lipinski definition) is 6. The number of anilines is 1. The molecule has 1 aromatic rings. The number of nitrogens with one attached hydrogen (secondary N) is 1. The summed E-state index contributed by atoms with van der Waals surface area (Å²) >= 11 is 7.01. The largest absolute Gasteiger partial charge is 0.365 e. The SMILES string of the molecule is CN1CCN(C)C(CNc2nsnc2Cl)C1. The van der Waals surface area contributed by atoms with Gasteiger partial charge in [0.25, 0.3) is 0 Å². The van der Waals surface area contributed by atoms with E-state index in [1.54, 1.807) is 0 Å². The summed E-state index contributed by atoms with van der Waals surface area (Å²) in [7, 11) is 4.30. The van der Waals surface area contributed by atoms with E-state index in [1.165, 1.54) is 0 Å². The fourth-order valence-electron chi connectivity index (χ4n) is 1.82. The Labute approximate surface area is 105 Å². The van der Waals surface area contributed by atoms with Crippen molar-refractivity contribution in [2.45, 2.75) is 6.04 Å². The molecule has 0 aliphatic carbocycles. The van der Waals surface area contributed by atoms with E-state index in [9.17, 15) is 0 Å². The van der Waals surface area contributed by atoms with Crippen LogP contribution in [0.25, 0.3) is 0 Å². The van der Waals surface area contributed by atoms with Crippen LogP contribution in [0.3, 0.4) is 0 Å². The highest BCUT2D eigenvalue weighted by Crippen LogP contribution is 2.18. The van der Waals surface area contributed by atoms with Crippen LogP contribution in [0.1, 0.15) is 0 Å². The Morgan fingerprint density at radius 2 is 2.25 bits per heavy atom. The van der Waals surface area contributed by atoms with Gasteiger partial charge in [-0.3, -0.25) is 4.90 Å². The van der Waals surface area contributed by atoms with Gasteiger partial charge < -0.3 is 10.2 Å². The molecule has 0 aromatic carbocycles. The molecule has 1 atom stereocenters. The van der Waals surface area contributed by atoms with Gasteiger partial charge in [0.2, 0.25) is 0 Å². The molecule has 0 amide bonds. The van der Waals surface area contributed by atoms with Crippen LogP contribution in [0.15, 0.2) is 0 Å². The van der Waals surface area contributed by atoms with E-state index in [1.807, 2.05) is 0 Å². The van der Waals surface area contributed by atoms with Gasteiger partial charge in [0.15, 0.2) is 11.0 Å². The molecule has 0 radical (unpaired) electrons. The van der Waals surface area contributed by atoms with E-state index in [0.717, 1.165) is 37.9 Å². The fraction of sp³-hybridized carbons (Fsp3) is 0.778. The highest BCUT2D eigenvalue weighted by molar-refractivity contribution is 6.99. The molecule has 5 nitrogen and oxygen atoms in total. The lowest BCUT2D eigenvalue weighted by Gasteiger charge is -2.37. The second kappa shape index (κ2) is 5.27. The molecule has 1 aliphatic rings. The Hall–Kier alpha value is -0.430. The second-order valence-electron chi connectivity index (χ2n) is 4.18. The van der Waals surface area contributed by atoms with Crippen molar-refractivity contribution in [2.75, 3.05) is 45.6 Å². The number of likely N-dealkylation sites (N-methyl/N-ethyl adjacent to an activating group) is 2. The summed E-state index contributed by atoms with van der Waals surface area (Å²) in [5, 5.41) is 3.72. The van der Waals surface area contributed by atoms with Gasteiger partial charge in [0.1, 0.15) is 0 Å². The molecule has 0 saturated carbocycles. The van der Waals surface area contributed by atoms with Gasteiger partial charge in [0.05, 0.1) is 11.7 Å². The lowest BCUT2D eigenvalue weighted by atomic mass is 10.2. The van der Waals surface area contributed by atoms with Crippen LogP contribution in [0.4, 0.5) is 5.82 Å². The molecule has 90 valence electrons. The molecule has 0 spiro atoms. The summed E-state index contributed by atoms with van der Waals surface area (Å²) in [5.74, 6) is 0.702. The monoisotopic (exact) mass is 261 g/mol. The first-order valence-electron chi connectivity index (χ1n) is 5.27. The van der Waals surface area contributed by atoms with Crippen LogP contribution in [0.2, 0.25) is 5.15 Å². The molecular weight excluding hydrogens is 246 g/mol. The van der Waals surface area contributed by atoms with E-state index >= 15 is 0 Å². The summed E-state index contributed by atoms with van der Waals surface area (Å²) in [6, 6.07) is 0.497. The van der Waals surface area contributed by atoms with Crippen LogP contribution in [0, 0.1) is 0 Å². The van der Waals surface area contributed by atoms with Crippen molar-refractivity contribution >= 4 is 29.1 Å². The van der Waals surface area contributed by atoms with Crippen molar-refractivity contribution in [3.05, 3.63) is 5.15 Å².